The predicted molar refractivity (Wildman–Crippen MR) is 80.2 cm³/mol. The fourth-order valence-corrected chi connectivity index (χ4v) is 2.19. The van der Waals surface area contributed by atoms with E-state index in [-0.39, 0.29) is 0 Å². The standard InChI is InChI=1S/C14H13ClN6/c1-16-8-10-7-12(15)14(17-9-10)21-19-13(18-20-21)11-5-3-2-4-6-11/h2-7,9,16H,8H2,1H3. The second-order valence-corrected chi connectivity index (χ2v) is 4.86. The summed E-state index contributed by atoms with van der Waals surface area (Å²) in [4.78, 5) is 5.64. The summed E-state index contributed by atoms with van der Waals surface area (Å²) in [6, 6.07) is 11.5. The van der Waals surface area contributed by atoms with Gasteiger partial charge in [-0.05, 0) is 23.9 Å². The maximum atomic E-state index is 6.24. The highest BCUT2D eigenvalue weighted by Gasteiger charge is 2.11. The highest BCUT2D eigenvalue weighted by Crippen LogP contribution is 2.19. The van der Waals surface area contributed by atoms with E-state index < -0.39 is 0 Å². The van der Waals surface area contributed by atoms with Crippen molar-refractivity contribution in [2.75, 3.05) is 7.05 Å². The van der Waals surface area contributed by atoms with E-state index >= 15 is 0 Å². The molecule has 3 aromatic rings. The van der Waals surface area contributed by atoms with Crippen LogP contribution in [0.3, 0.4) is 0 Å². The monoisotopic (exact) mass is 300 g/mol. The third kappa shape index (κ3) is 2.91. The summed E-state index contributed by atoms with van der Waals surface area (Å²) in [5.74, 6) is 0.999. The Balaban J connectivity index is 1.93. The van der Waals surface area contributed by atoms with E-state index in [1.165, 1.54) is 4.80 Å². The van der Waals surface area contributed by atoms with Gasteiger partial charge in [0.1, 0.15) is 0 Å². The number of tetrazole rings is 1. The van der Waals surface area contributed by atoms with Gasteiger partial charge in [0.05, 0.1) is 5.02 Å². The molecule has 0 bridgehead atoms. The number of halogens is 1. The summed E-state index contributed by atoms with van der Waals surface area (Å²) >= 11 is 6.24. The number of benzene rings is 1. The molecule has 0 spiro atoms. The second-order valence-electron chi connectivity index (χ2n) is 4.45. The molecule has 106 valence electrons. The number of aromatic nitrogens is 5. The summed E-state index contributed by atoms with van der Waals surface area (Å²) in [6.07, 6.45) is 1.74. The first-order valence-corrected chi connectivity index (χ1v) is 6.80. The van der Waals surface area contributed by atoms with Crippen LogP contribution in [0, 0.1) is 0 Å². The van der Waals surface area contributed by atoms with Gasteiger partial charge in [0.15, 0.2) is 5.82 Å². The van der Waals surface area contributed by atoms with Gasteiger partial charge in [-0.3, -0.25) is 0 Å². The molecule has 0 saturated carbocycles. The molecule has 0 saturated heterocycles. The number of hydrogen-bond acceptors (Lipinski definition) is 5. The molecule has 6 nitrogen and oxygen atoms in total. The third-order valence-corrected chi connectivity index (χ3v) is 3.17. The zero-order valence-corrected chi connectivity index (χ0v) is 12.1. The van der Waals surface area contributed by atoms with Crippen LogP contribution >= 0.6 is 11.6 Å². The molecule has 0 aliphatic rings. The Labute approximate surface area is 126 Å². The highest BCUT2D eigenvalue weighted by molar-refractivity contribution is 6.32. The molecular formula is C14H13ClN6. The highest BCUT2D eigenvalue weighted by atomic mass is 35.5. The van der Waals surface area contributed by atoms with E-state index in [0.717, 1.165) is 11.1 Å². The first-order valence-electron chi connectivity index (χ1n) is 6.43. The van der Waals surface area contributed by atoms with Crippen LogP contribution in [0.4, 0.5) is 0 Å². The molecule has 1 N–H and O–H groups in total. The average Bonchev–Trinajstić information content (AvgIpc) is 2.98. The Morgan fingerprint density at radius 3 is 2.76 bits per heavy atom. The molecule has 2 aromatic heterocycles. The number of nitrogens with one attached hydrogen (secondary N) is 1. The largest absolute Gasteiger partial charge is 0.316 e. The van der Waals surface area contributed by atoms with Crippen LogP contribution in [0.5, 0.6) is 0 Å². The number of hydrogen-bond donors (Lipinski definition) is 1. The van der Waals surface area contributed by atoms with Gasteiger partial charge >= 0.3 is 0 Å². The molecule has 21 heavy (non-hydrogen) atoms. The fraction of sp³-hybridized carbons (Fsp3) is 0.143. The molecule has 0 unspecified atom stereocenters. The third-order valence-electron chi connectivity index (χ3n) is 2.89. The summed E-state index contributed by atoms with van der Waals surface area (Å²) in [6.45, 7) is 0.701. The lowest BCUT2D eigenvalue weighted by Gasteiger charge is -2.04. The van der Waals surface area contributed by atoms with Gasteiger partial charge in [-0.1, -0.05) is 41.9 Å². The van der Waals surface area contributed by atoms with Gasteiger partial charge in [-0.25, -0.2) is 4.98 Å². The quantitative estimate of drug-likeness (QED) is 0.799. The molecule has 0 atom stereocenters. The predicted octanol–water partition coefficient (Wildman–Crippen LogP) is 2.10. The van der Waals surface area contributed by atoms with Gasteiger partial charge in [0.25, 0.3) is 0 Å². The van der Waals surface area contributed by atoms with E-state index in [9.17, 15) is 0 Å². The number of pyridine rings is 1. The van der Waals surface area contributed by atoms with E-state index in [2.05, 4.69) is 25.7 Å². The SMILES string of the molecule is CNCc1cnc(-n2nnc(-c3ccccc3)n2)c(Cl)c1. The molecule has 1 aromatic carbocycles. The van der Waals surface area contributed by atoms with Gasteiger partial charge in [-0.2, -0.15) is 0 Å². The lowest BCUT2D eigenvalue weighted by Crippen LogP contribution is -2.08. The zero-order valence-electron chi connectivity index (χ0n) is 11.4. The van der Waals surface area contributed by atoms with Crippen molar-refractivity contribution in [3.05, 3.63) is 53.2 Å². The first-order chi connectivity index (χ1) is 10.3. The molecule has 0 radical (unpaired) electrons. The zero-order chi connectivity index (χ0) is 14.7. The average molecular weight is 301 g/mol. The summed E-state index contributed by atoms with van der Waals surface area (Å²) in [5, 5.41) is 15.9. The maximum Gasteiger partial charge on any atom is 0.205 e. The minimum absolute atomic E-state index is 0.464. The Bertz CT molecular complexity index is 740. The minimum atomic E-state index is 0.464. The first kappa shape index (κ1) is 13.7. The summed E-state index contributed by atoms with van der Waals surface area (Å²) in [7, 11) is 1.87. The van der Waals surface area contributed by atoms with Crippen LogP contribution in [0.25, 0.3) is 17.2 Å². The topological polar surface area (TPSA) is 68.5 Å². The Morgan fingerprint density at radius 1 is 1.24 bits per heavy atom. The smallest absolute Gasteiger partial charge is 0.205 e. The lowest BCUT2D eigenvalue weighted by atomic mass is 10.2. The van der Waals surface area contributed by atoms with Gasteiger partial charge in [-0.15, -0.1) is 15.0 Å². The van der Waals surface area contributed by atoms with Crippen LogP contribution in [0.2, 0.25) is 5.02 Å². The Morgan fingerprint density at radius 2 is 2.05 bits per heavy atom. The van der Waals surface area contributed by atoms with E-state index in [1.807, 2.05) is 43.4 Å². The van der Waals surface area contributed by atoms with Crippen LogP contribution in [-0.2, 0) is 6.54 Å². The maximum absolute atomic E-state index is 6.24. The molecule has 0 amide bonds. The molecule has 0 aliphatic heterocycles. The Hall–Kier alpha value is -2.31. The van der Waals surface area contributed by atoms with E-state index in [4.69, 9.17) is 11.6 Å². The molecule has 3 rings (SSSR count). The van der Waals surface area contributed by atoms with E-state index in [1.54, 1.807) is 6.20 Å². The molecule has 7 heteroatoms. The van der Waals surface area contributed by atoms with Crippen molar-refractivity contribution in [1.29, 1.82) is 0 Å². The van der Waals surface area contributed by atoms with E-state index in [0.29, 0.717) is 23.2 Å². The van der Waals surface area contributed by atoms with Crippen molar-refractivity contribution in [2.24, 2.45) is 0 Å². The number of rotatable bonds is 4. The second kappa shape index (κ2) is 5.99. The lowest BCUT2D eigenvalue weighted by molar-refractivity contribution is 0.698. The van der Waals surface area contributed by atoms with Gasteiger partial charge in [0, 0.05) is 18.3 Å². The minimum Gasteiger partial charge on any atom is -0.316 e. The summed E-state index contributed by atoms with van der Waals surface area (Å²) < 4.78 is 0. The van der Waals surface area contributed by atoms with Crippen LogP contribution in [0.1, 0.15) is 5.56 Å². The van der Waals surface area contributed by atoms with Crippen molar-refractivity contribution >= 4 is 11.6 Å². The van der Waals surface area contributed by atoms with Crippen molar-refractivity contribution in [1.82, 2.24) is 30.5 Å². The van der Waals surface area contributed by atoms with Crippen molar-refractivity contribution in [2.45, 2.75) is 6.54 Å². The van der Waals surface area contributed by atoms with Gasteiger partial charge in [0.2, 0.25) is 5.82 Å². The summed E-state index contributed by atoms with van der Waals surface area (Å²) in [5.41, 5.74) is 1.89. The molecule has 0 fully saturated rings. The molecule has 0 aliphatic carbocycles. The Kier molecular flexibility index (Phi) is 3.89. The van der Waals surface area contributed by atoms with Crippen molar-refractivity contribution in [3.8, 4) is 17.2 Å². The molecular weight excluding hydrogens is 288 g/mol. The number of nitrogens with zero attached hydrogens (tertiary/aromatic N) is 5. The van der Waals surface area contributed by atoms with Crippen molar-refractivity contribution < 1.29 is 0 Å². The molecule has 2 heterocycles. The van der Waals surface area contributed by atoms with Gasteiger partial charge < -0.3 is 5.32 Å². The van der Waals surface area contributed by atoms with Crippen LogP contribution in [-0.4, -0.2) is 32.2 Å². The van der Waals surface area contributed by atoms with Crippen LogP contribution < -0.4 is 5.32 Å². The van der Waals surface area contributed by atoms with Crippen LogP contribution in [0.15, 0.2) is 42.6 Å². The normalized spacial score (nSPS) is 10.8. The van der Waals surface area contributed by atoms with Crippen molar-refractivity contribution in [3.63, 3.8) is 0 Å². The fourth-order valence-electron chi connectivity index (χ4n) is 1.93.